The monoisotopic (exact) mass is 266 g/mol. The van der Waals surface area contributed by atoms with E-state index in [4.69, 9.17) is 0 Å². The summed E-state index contributed by atoms with van der Waals surface area (Å²) in [6, 6.07) is 0.475. The lowest BCUT2D eigenvalue weighted by Crippen LogP contribution is -2.45. The van der Waals surface area contributed by atoms with Crippen LogP contribution in [0.25, 0.3) is 0 Å². The van der Waals surface area contributed by atoms with Gasteiger partial charge in [-0.25, -0.2) is 0 Å². The van der Waals surface area contributed by atoms with Crippen molar-refractivity contribution in [3.63, 3.8) is 0 Å². The first-order valence-corrected chi connectivity index (χ1v) is 8.12. The molecular weight excluding hydrogens is 236 g/mol. The number of amides is 1. The summed E-state index contributed by atoms with van der Waals surface area (Å²) in [6.07, 6.45) is 11.0. The fourth-order valence-corrected chi connectivity index (χ4v) is 3.63. The molecule has 1 saturated carbocycles. The van der Waals surface area contributed by atoms with Gasteiger partial charge in [0.15, 0.2) is 0 Å². The highest BCUT2D eigenvalue weighted by Crippen LogP contribution is 2.27. The third-order valence-corrected chi connectivity index (χ3v) is 5.18. The number of hydrogen-bond donors (Lipinski definition) is 0. The highest BCUT2D eigenvalue weighted by atomic mass is 16.2. The van der Waals surface area contributed by atoms with Crippen molar-refractivity contribution in [2.75, 3.05) is 26.7 Å². The number of hydrogen-bond acceptors (Lipinski definition) is 2. The number of carbonyl (C=O) groups is 1. The van der Waals surface area contributed by atoms with Crippen LogP contribution in [0.2, 0.25) is 0 Å². The predicted molar refractivity (Wildman–Crippen MR) is 79.1 cm³/mol. The van der Waals surface area contributed by atoms with Crippen molar-refractivity contribution in [2.45, 2.75) is 64.3 Å². The van der Waals surface area contributed by atoms with Gasteiger partial charge in [-0.15, -0.1) is 0 Å². The van der Waals surface area contributed by atoms with Crippen molar-refractivity contribution in [1.82, 2.24) is 9.80 Å². The van der Waals surface area contributed by atoms with E-state index in [0.29, 0.717) is 6.04 Å². The highest BCUT2D eigenvalue weighted by Gasteiger charge is 2.24. The lowest BCUT2D eigenvalue weighted by atomic mass is 9.87. The smallest absolute Gasteiger partial charge is 0.219 e. The molecule has 2 fully saturated rings. The van der Waals surface area contributed by atoms with Gasteiger partial charge in [0.25, 0.3) is 0 Å². The Morgan fingerprint density at radius 1 is 1.11 bits per heavy atom. The average molecular weight is 266 g/mol. The van der Waals surface area contributed by atoms with Crippen LogP contribution in [-0.2, 0) is 4.79 Å². The third-order valence-electron chi connectivity index (χ3n) is 5.18. The zero-order valence-electron chi connectivity index (χ0n) is 12.7. The minimum Gasteiger partial charge on any atom is -0.343 e. The van der Waals surface area contributed by atoms with Gasteiger partial charge in [0.05, 0.1) is 0 Å². The van der Waals surface area contributed by atoms with Gasteiger partial charge in [0.1, 0.15) is 0 Å². The Morgan fingerprint density at radius 2 is 1.74 bits per heavy atom. The quantitative estimate of drug-likeness (QED) is 0.781. The van der Waals surface area contributed by atoms with Crippen molar-refractivity contribution in [3.8, 4) is 0 Å². The maximum Gasteiger partial charge on any atom is 0.219 e. The molecule has 2 aliphatic rings. The van der Waals surface area contributed by atoms with Gasteiger partial charge in [-0.3, -0.25) is 4.79 Å². The van der Waals surface area contributed by atoms with E-state index in [0.717, 1.165) is 18.8 Å². The summed E-state index contributed by atoms with van der Waals surface area (Å²) in [7, 11) is 1.95. The van der Waals surface area contributed by atoms with Crippen LogP contribution in [0.15, 0.2) is 0 Å². The summed E-state index contributed by atoms with van der Waals surface area (Å²) < 4.78 is 0. The van der Waals surface area contributed by atoms with Crippen molar-refractivity contribution >= 4 is 5.91 Å². The first-order chi connectivity index (χ1) is 9.16. The Labute approximate surface area is 118 Å². The molecule has 3 nitrogen and oxygen atoms in total. The molecule has 110 valence electrons. The first kappa shape index (κ1) is 14.8. The van der Waals surface area contributed by atoms with Gasteiger partial charge in [-0.05, 0) is 31.7 Å². The third kappa shape index (κ3) is 4.48. The summed E-state index contributed by atoms with van der Waals surface area (Å²) in [5.41, 5.74) is 0. The number of rotatable bonds is 4. The maximum absolute atomic E-state index is 11.4. The van der Waals surface area contributed by atoms with Crippen LogP contribution in [-0.4, -0.2) is 48.4 Å². The number of piperidine rings is 1. The van der Waals surface area contributed by atoms with Gasteiger partial charge < -0.3 is 9.80 Å². The SMILES string of the molecule is CC(=O)N(C)C1CCN(CCC2CCCCC2)CC1. The summed E-state index contributed by atoms with van der Waals surface area (Å²) in [5, 5.41) is 0. The molecule has 0 unspecified atom stereocenters. The van der Waals surface area contributed by atoms with E-state index in [1.54, 1.807) is 6.92 Å². The molecule has 1 aliphatic heterocycles. The molecule has 1 aliphatic carbocycles. The molecule has 0 aromatic heterocycles. The van der Waals surface area contributed by atoms with E-state index >= 15 is 0 Å². The molecule has 3 heteroatoms. The topological polar surface area (TPSA) is 23.6 Å². The van der Waals surface area contributed by atoms with Crippen LogP contribution in [0.5, 0.6) is 0 Å². The number of carbonyl (C=O) groups excluding carboxylic acids is 1. The Hall–Kier alpha value is -0.570. The van der Waals surface area contributed by atoms with Crippen LogP contribution in [0, 0.1) is 5.92 Å². The highest BCUT2D eigenvalue weighted by molar-refractivity contribution is 5.73. The van der Waals surface area contributed by atoms with E-state index in [1.807, 2.05) is 11.9 Å². The molecule has 19 heavy (non-hydrogen) atoms. The molecule has 0 N–H and O–H groups in total. The van der Waals surface area contributed by atoms with Gasteiger partial charge in [0, 0.05) is 33.1 Å². The molecule has 0 radical (unpaired) electrons. The molecule has 0 aromatic rings. The minimum atomic E-state index is 0.209. The maximum atomic E-state index is 11.4. The van der Waals surface area contributed by atoms with Gasteiger partial charge in [0.2, 0.25) is 5.91 Å². The molecule has 2 rings (SSSR count). The summed E-state index contributed by atoms with van der Waals surface area (Å²) >= 11 is 0. The van der Waals surface area contributed by atoms with E-state index in [2.05, 4.69) is 4.90 Å². The number of likely N-dealkylation sites (tertiary alicyclic amines) is 1. The van der Waals surface area contributed by atoms with Gasteiger partial charge in [-0.2, -0.15) is 0 Å². The second-order valence-electron chi connectivity index (χ2n) is 6.50. The lowest BCUT2D eigenvalue weighted by molar-refractivity contribution is -0.130. The van der Waals surface area contributed by atoms with Crippen LogP contribution in [0.4, 0.5) is 0 Å². The fourth-order valence-electron chi connectivity index (χ4n) is 3.63. The molecule has 1 saturated heterocycles. The fraction of sp³-hybridized carbons (Fsp3) is 0.938. The molecular formula is C16H30N2O. The van der Waals surface area contributed by atoms with Crippen molar-refractivity contribution < 1.29 is 4.79 Å². The van der Waals surface area contributed by atoms with E-state index in [9.17, 15) is 4.79 Å². The van der Waals surface area contributed by atoms with E-state index < -0.39 is 0 Å². The Bertz CT molecular complexity index is 278. The van der Waals surface area contributed by atoms with Crippen LogP contribution >= 0.6 is 0 Å². The van der Waals surface area contributed by atoms with Crippen molar-refractivity contribution in [3.05, 3.63) is 0 Å². The standard InChI is InChI=1S/C16H30N2O/c1-14(19)17(2)16-9-12-18(13-10-16)11-8-15-6-4-3-5-7-15/h15-16H,3-13H2,1-2H3. The normalized spacial score (nSPS) is 23.5. The summed E-state index contributed by atoms with van der Waals surface area (Å²) in [6.45, 7) is 5.31. The molecule has 0 bridgehead atoms. The average Bonchev–Trinajstić information content (AvgIpc) is 2.46. The zero-order chi connectivity index (χ0) is 13.7. The Kier molecular flexibility index (Phi) is 5.68. The molecule has 1 amide bonds. The summed E-state index contributed by atoms with van der Waals surface area (Å²) in [5.74, 6) is 1.20. The Morgan fingerprint density at radius 3 is 2.32 bits per heavy atom. The predicted octanol–water partition coefficient (Wildman–Crippen LogP) is 2.90. The molecule has 1 heterocycles. The lowest BCUT2D eigenvalue weighted by Gasteiger charge is -2.37. The first-order valence-electron chi connectivity index (χ1n) is 8.12. The van der Waals surface area contributed by atoms with E-state index in [-0.39, 0.29) is 5.91 Å². The van der Waals surface area contributed by atoms with E-state index in [1.165, 1.54) is 58.2 Å². The minimum absolute atomic E-state index is 0.209. The molecule has 0 atom stereocenters. The van der Waals surface area contributed by atoms with Crippen LogP contribution in [0.3, 0.4) is 0 Å². The largest absolute Gasteiger partial charge is 0.343 e. The molecule has 0 aromatic carbocycles. The van der Waals surface area contributed by atoms with Crippen molar-refractivity contribution in [1.29, 1.82) is 0 Å². The number of nitrogens with zero attached hydrogens (tertiary/aromatic N) is 2. The Balaban J connectivity index is 1.64. The van der Waals surface area contributed by atoms with Crippen molar-refractivity contribution in [2.24, 2.45) is 5.92 Å². The molecule has 0 spiro atoms. The van der Waals surface area contributed by atoms with Gasteiger partial charge >= 0.3 is 0 Å². The second-order valence-corrected chi connectivity index (χ2v) is 6.50. The van der Waals surface area contributed by atoms with Gasteiger partial charge in [-0.1, -0.05) is 32.1 Å². The second kappa shape index (κ2) is 7.28. The zero-order valence-corrected chi connectivity index (χ0v) is 12.7. The van der Waals surface area contributed by atoms with Crippen LogP contribution in [0.1, 0.15) is 58.3 Å². The van der Waals surface area contributed by atoms with Crippen LogP contribution < -0.4 is 0 Å². The summed E-state index contributed by atoms with van der Waals surface area (Å²) in [4.78, 5) is 15.9.